The average molecular weight is 369 g/mol. The third-order valence-corrected chi connectivity index (χ3v) is 4.18. The molecule has 2 N–H and O–H groups in total. The second-order valence-electron chi connectivity index (χ2n) is 5.37. The number of rotatable bonds is 5. The Labute approximate surface area is 147 Å². The molecular weight excluding hydrogens is 354 g/mol. The molecule has 2 aromatic carbocycles. The standard InChI is InChI=1S/C17H15ClF2N2O3/c1-24-13-3-2-9(6-14(13)25-5-4-21)22-8-10-15(17(22)23)11(18)7-12(19)16(10)20/h2-3,6-7H,4-5,8,21H2,1H3. The maximum Gasteiger partial charge on any atom is 0.260 e. The number of nitrogens with zero attached hydrogens (tertiary/aromatic N) is 1. The fourth-order valence-electron chi connectivity index (χ4n) is 2.71. The molecule has 0 atom stereocenters. The normalized spacial score (nSPS) is 13.2. The maximum atomic E-state index is 14.0. The van der Waals surface area contributed by atoms with E-state index >= 15 is 0 Å². The Bertz CT molecular complexity index is 845. The number of halogens is 3. The van der Waals surface area contributed by atoms with Crippen LogP contribution in [0.25, 0.3) is 0 Å². The summed E-state index contributed by atoms with van der Waals surface area (Å²) in [6.07, 6.45) is 0. The average Bonchev–Trinajstić information content (AvgIpc) is 2.95. The van der Waals surface area contributed by atoms with Crippen molar-refractivity contribution in [3.63, 3.8) is 0 Å². The lowest BCUT2D eigenvalue weighted by Gasteiger charge is -2.18. The number of hydrogen-bond donors (Lipinski definition) is 1. The number of carbonyl (C=O) groups excluding carboxylic acids is 1. The first kappa shape index (κ1) is 17.4. The molecule has 0 bridgehead atoms. The SMILES string of the molecule is COc1ccc(N2Cc3c(F)c(F)cc(Cl)c3C2=O)cc1OCCN. The molecule has 0 saturated heterocycles. The summed E-state index contributed by atoms with van der Waals surface area (Å²) >= 11 is 5.93. The van der Waals surface area contributed by atoms with Crippen LogP contribution in [0.2, 0.25) is 5.02 Å². The molecule has 0 saturated carbocycles. The van der Waals surface area contributed by atoms with Crippen LogP contribution in [-0.4, -0.2) is 26.2 Å². The minimum atomic E-state index is -1.08. The van der Waals surface area contributed by atoms with Gasteiger partial charge in [-0.3, -0.25) is 4.79 Å². The van der Waals surface area contributed by atoms with Gasteiger partial charge in [0.1, 0.15) is 6.61 Å². The predicted octanol–water partition coefficient (Wildman–Crippen LogP) is 3.12. The Hall–Kier alpha value is -2.38. The van der Waals surface area contributed by atoms with Gasteiger partial charge in [-0.2, -0.15) is 0 Å². The van der Waals surface area contributed by atoms with E-state index in [1.807, 2.05) is 0 Å². The minimum Gasteiger partial charge on any atom is -0.493 e. The first-order valence-electron chi connectivity index (χ1n) is 7.47. The Morgan fingerprint density at radius 3 is 2.72 bits per heavy atom. The summed E-state index contributed by atoms with van der Waals surface area (Å²) in [5.74, 6) is -1.79. The van der Waals surface area contributed by atoms with E-state index in [4.69, 9.17) is 26.8 Å². The van der Waals surface area contributed by atoms with E-state index in [0.717, 1.165) is 6.07 Å². The van der Waals surface area contributed by atoms with Crippen LogP contribution in [0.3, 0.4) is 0 Å². The quantitative estimate of drug-likeness (QED) is 0.823. The number of carbonyl (C=O) groups is 1. The van der Waals surface area contributed by atoms with Crippen molar-refractivity contribution in [1.82, 2.24) is 0 Å². The molecule has 1 amide bonds. The fraction of sp³-hybridized carbons (Fsp3) is 0.235. The number of ether oxygens (including phenoxy) is 2. The van der Waals surface area contributed by atoms with Crippen molar-refractivity contribution in [2.24, 2.45) is 5.73 Å². The molecule has 8 heteroatoms. The Morgan fingerprint density at radius 2 is 2.04 bits per heavy atom. The van der Waals surface area contributed by atoms with Crippen LogP contribution < -0.4 is 20.1 Å². The number of hydrogen-bond acceptors (Lipinski definition) is 4. The number of anilines is 1. The van der Waals surface area contributed by atoms with Crippen LogP contribution in [0.4, 0.5) is 14.5 Å². The van der Waals surface area contributed by atoms with Crippen molar-refractivity contribution in [1.29, 1.82) is 0 Å². The van der Waals surface area contributed by atoms with Crippen molar-refractivity contribution in [3.8, 4) is 11.5 Å². The monoisotopic (exact) mass is 368 g/mol. The van der Waals surface area contributed by atoms with E-state index in [1.54, 1.807) is 18.2 Å². The topological polar surface area (TPSA) is 64.8 Å². The van der Waals surface area contributed by atoms with E-state index in [9.17, 15) is 13.6 Å². The highest BCUT2D eigenvalue weighted by Gasteiger charge is 2.35. The summed E-state index contributed by atoms with van der Waals surface area (Å²) in [5, 5.41) is -0.116. The summed E-state index contributed by atoms with van der Waals surface area (Å²) < 4.78 is 38.3. The van der Waals surface area contributed by atoms with E-state index < -0.39 is 17.5 Å². The molecule has 132 valence electrons. The number of nitrogens with two attached hydrogens (primary N) is 1. The van der Waals surface area contributed by atoms with Gasteiger partial charge in [0.05, 0.1) is 24.2 Å². The minimum absolute atomic E-state index is 0.0270. The van der Waals surface area contributed by atoms with Gasteiger partial charge >= 0.3 is 0 Å². The summed E-state index contributed by atoms with van der Waals surface area (Å²) in [5.41, 5.74) is 5.79. The fourth-order valence-corrected chi connectivity index (χ4v) is 3.00. The summed E-state index contributed by atoms with van der Waals surface area (Å²) in [6, 6.07) is 5.64. The molecule has 1 heterocycles. The number of amides is 1. The smallest absolute Gasteiger partial charge is 0.260 e. The largest absolute Gasteiger partial charge is 0.493 e. The highest BCUT2D eigenvalue weighted by Crippen LogP contribution is 2.38. The van der Waals surface area contributed by atoms with Crippen molar-refractivity contribution in [2.45, 2.75) is 6.54 Å². The Kier molecular flexibility index (Phi) is 4.78. The zero-order chi connectivity index (χ0) is 18.1. The van der Waals surface area contributed by atoms with E-state index in [0.29, 0.717) is 23.7 Å². The molecule has 1 aliphatic rings. The van der Waals surface area contributed by atoms with Gasteiger partial charge in [-0.1, -0.05) is 11.6 Å². The van der Waals surface area contributed by atoms with Crippen LogP contribution >= 0.6 is 11.6 Å². The summed E-state index contributed by atoms with van der Waals surface area (Å²) in [6.45, 7) is 0.446. The molecule has 0 aliphatic carbocycles. The first-order valence-corrected chi connectivity index (χ1v) is 7.84. The highest BCUT2D eigenvalue weighted by molar-refractivity contribution is 6.35. The van der Waals surface area contributed by atoms with Crippen LogP contribution in [0, 0.1) is 11.6 Å². The Morgan fingerprint density at radius 1 is 1.28 bits per heavy atom. The molecule has 5 nitrogen and oxygen atoms in total. The van der Waals surface area contributed by atoms with Gasteiger partial charge in [-0.05, 0) is 18.2 Å². The molecule has 0 aromatic heterocycles. The second kappa shape index (κ2) is 6.85. The summed E-state index contributed by atoms with van der Waals surface area (Å²) in [7, 11) is 1.49. The van der Waals surface area contributed by atoms with Crippen molar-refractivity contribution in [3.05, 3.63) is 52.0 Å². The number of fused-ring (bicyclic) bond motifs is 1. The van der Waals surface area contributed by atoms with Gasteiger partial charge < -0.3 is 20.1 Å². The zero-order valence-electron chi connectivity index (χ0n) is 13.3. The molecule has 25 heavy (non-hydrogen) atoms. The van der Waals surface area contributed by atoms with Gasteiger partial charge in [0, 0.05) is 23.9 Å². The van der Waals surface area contributed by atoms with Crippen LogP contribution in [0.1, 0.15) is 15.9 Å². The molecule has 0 spiro atoms. The van der Waals surface area contributed by atoms with Crippen LogP contribution in [0.15, 0.2) is 24.3 Å². The lowest BCUT2D eigenvalue weighted by atomic mass is 10.1. The lowest BCUT2D eigenvalue weighted by molar-refractivity contribution is 0.0996. The van der Waals surface area contributed by atoms with E-state index in [1.165, 1.54) is 12.0 Å². The number of benzene rings is 2. The van der Waals surface area contributed by atoms with Crippen LogP contribution in [-0.2, 0) is 6.54 Å². The predicted molar refractivity (Wildman–Crippen MR) is 89.4 cm³/mol. The van der Waals surface area contributed by atoms with E-state index in [-0.39, 0.29) is 29.3 Å². The molecule has 1 aliphatic heterocycles. The second-order valence-corrected chi connectivity index (χ2v) is 5.78. The van der Waals surface area contributed by atoms with Crippen molar-refractivity contribution in [2.75, 3.05) is 25.2 Å². The van der Waals surface area contributed by atoms with Gasteiger partial charge in [0.25, 0.3) is 5.91 Å². The van der Waals surface area contributed by atoms with Gasteiger partial charge in [0.2, 0.25) is 0 Å². The molecule has 0 radical (unpaired) electrons. The molecular formula is C17H15ClF2N2O3. The van der Waals surface area contributed by atoms with Crippen LogP contribution in [0.5, 0.6) is 11.5 Å². The van der Waals surface area contributed by atoms with E-state index in [2.05, 4.69) is 0 Å². The molecule has 3 rings (SSSR count). The Balaban J connectivity index is 2.00. The lowest BCUT2D eigenvalue weighted by Crippen LogP contribution is -2.23. The molecule has 0 fully saturated rings. The summed E-state index contributed by atoms with van der Waals surface area (Å²) in [4.78, 5) is 13.9. The highest BCUT2D eigenvalue weighted by atomic mass is 35.5. The molecule has 2 aromatic rings. The maximum absolute atomic E-state index is 14.0. The third kappa shape index (κ3) is 3.01. The molecule has 0 unspecified atom stereocenters. The van der Waals surface area contributed by atoms with Gasteiger partial charge in [-0.15, -0.1) is 0 Å². The number of methoxy groups -OCH3 is 1. The third-order valence-electron chi connectivity index (χ3n) is 3.88. The van der Waals surface area contributed by atoms with Gasteiger partial charge in [0.15, 0.2) is 23.1 Å². The van der Waals surface area contributed by atoms with Crippen molar-refractivity contribution >= 4 is 23.2 Å². The van der Waals surface area contributed by atoms with Crippen molar-refractivity contribution < 1.29 is 23.0 Å². The zero-order valence-corrected chi connectivity index (χ0v) is 14.1. The van der Waals surface area contributed by atoms with Gasteiger partial charge in [-0.25, -0.2) is 8.78 Å². The first-order chi connectivity index (χ1) is 12.0.